The van der Waals surface area contributed by atoms with Crippen LogP contribution in [0.25, 0.3) is 12.2 Å². The fourth-order valence-electron chi connectivity index (χ4n) is 2.39. The molecule has 1 aromatic heterocycles. The third-order valence-electron chi connectivity index (χ3n) is 3.99. The lowest BCUT2D eigenvalue weighted by Crippen LogP contribution is -2.19. The van der Waals surface area contributed by atoms with E-state index in [-0.39, 0.29) is 11.5 Å². The predicted octanol–water partition coefficient (Wildman–Crippen LogP) is 4.05. The molecular formula is C18H23NO3S. The number of aliphatic hydroxyl groups is 1. The minimum atomic E-state index is -0.834. The molecule has 0 bridgehead atoms. The molecule has 0 aliphatic carbocycles. The fourth-order valence-corrected chi connectivity index (χ4v) is 2.90. The van der Waals surface area contributed by atoms with Gasteiger partial charge in [0.1, 0.15) is 11.5 Å². The van der Waals surface area contributed by atoms with Crippen LogP contribution >= 0.6 is 11.3 Å². The molecule has 0 saturated heterocycles. The molecule has 0 aliphatic rings. The Morgan fingerprint density at radius 3 is 2.35 bits per heavy atom. The summed E-state index contributed by atoms with van der Waals surface area (Å²) in [6, 6.07) is 0. The summed E-state index contributed by atoms with van der Waals surface area (Å²) >= 11 is 1.50. The summed E-state index contributed by atoms with van der Waals surface area (Å²) in [5.41, 5.74) is 3.50. The third-order valence-corrected chi connectivity index (χ3v) is 4.73. The third kappa shape index (κ3) is 4.12. The van der Waals surface area contributed by atoms with Crippen LogP contribution in [-0.2, 0) is 6.42 Å². The van der Waals surface area contributed by atoms with Gasteiger partial charge in [-0.05, 0) is 63.8 Å². The lowest BCUT2D eigenvalue weighted by Gasteiger charge is -2.20. The summed E-state index contributed by atoms with van der Waals surface area (Å²) in [6.07, 6.45) is 6.38. The lowest BCUT2D eigenvalue weighted by molar-refractivity contribution is 0.0712. The number of aromatic hydroxyl groups is 2. The van der Waals surface area contributed by atoms with Gasteiger partial charge >= 0.3 is 0 Å². The van der Waals surface area contributed by atoms with Crippen molar-refractivity contribution in [2.24, 2.45) is 0 Å². The zero-order valence-corrected chi connectivity index (χ0v) is 14.7. The van der Waals surface area contributed by atoms with E-state index in [2.05, 4.69) is 4.98 Å². The number of aromatic nitrogens is 1. The van der Waals surface area contributed by atoms with Crippen molar-refractivity contribution in [3.05, 3.63) is 38.8 Å². The second kappa shape index (κ2) is 6.72. The van der Waals surface area contributed by atoms with Crippen molar-refractivity contribution in [2.75, 3.05) is 0 Å². The first-order chi connectivity index (χ1) is 10.7. The van der Waals surface area contributed by atoms with Gasteiger partial charge in [-0.3, -0.25) is 4.98 Å². The van der Waals surface area contributed by atoms with Gasteiger partial charge in [-0.15, -0.1) is 11.3 Å². The molecular weight excluding hydrogens is 310 g/mol. The van der Waals surface area contributed by atoms with Crippen LogP contribution in [0.1, 0.15) is 47.4 Å². The first kappa shape index (κ1) is 17.5. The Hall–Kier alpha value is -1.85. The van der Waals surface area contributed by atoms with Crippen LogP contribution < -0.4 is 0 Å². The van der Waals surface area contributed by atoms with E-state index in [1.54, 1.807) is 45.5 Å². The van der Waals surface area contributed by atoms with Gasteiger partial charge in [-0.25, -0.2) is 0 Å². The summed E-state index contributed by atoms with van der Waals surface area (Å²) in [6.45, 7) is 7.04. The van der Waals surface area contributed by atoms with Gasteiger partial charge in [-0.2, -0.15) is 0 Å². The number of nitrogens with zero attached hydrogens (tertiary/aromatic N) is 1. The molecule has 5 heteroatoms. The Labute approximate surface area is 140 Å². The zero-order chi connectivity index (χ0) is 17.2. The molecule has 0 radical (unpaired) electrons. The molecule has 0 aliphatic heterocycles. The van der Waals surface area contributed by atoms with E-state index in [1.165, 1.54) is 11.3 Å². The van der Waals surface area contributed by atoms with E-state index in [1.807, 2.05) is 6.08 Å². The van der Waals surface area contributed by atoms with Crippen molar-refractivity contribution in [1.29, 1.82) is 0 Å². The van der Waals surface area contributed by atoms with E-state index in [9.17, 15) is 15.3 Å². The molecule has 0 amide bonds. The van der Waals surface area contributed by atoms with Crippen molar-refractivity contribution in [3.8, 4) is 11.5 Å². The van der Waals surface area contributed by atoms with Crippen molar-refractivity contribution in [1.82, 2.24) is 4.98 Å². The molecule has 2 rings (SSSR count). The first-order valence-corrected chi connectivity index (χ1v) is 8.41. The van der Waals surface area contributed by atoms with Crippen LogP contribution in [0.3, 0.4) is 0 Å². The molecule has 0 spiro atoms. The first-order valence-electron chi connectivity index (χ1n) is 7.53. The molecule has 124 valence electrons. The summed E-state index contributed by atoms with van der Waals surface area (Å²) < 4.78 is 0. The van der Waals surface area contributed by atoms with Crippen LogP contribution in [0.15, 0.2) is 11.7 Å². The second-order valence-corrected chi connectivity index (χ2v) is 7.31. The number of phenolic OH excluding ortho intramolecular Hbond substituents is 2. The minimum absolute atomic E-state index is 0.173. The lowest BCUT2D eigenvalue weighted by atomic mass is 9.90. The van der Waals surface area contributed by atoms with Gasteiger partial charge in [-0.1, -0.05) is 0 Å². The van der Waals surface area contributed by atoms with Gasteiger partial charge in [0.25, 0.3) is 0 Å². The Kier molecular flexibility index (Phi) is 5.12. The quantitative estimate of drug-likeness (QED) is 0.722. The van der Waals surface area contributed by atoms with E-state index in [4.69, 9.17) is 0 Å². The highest BCUT2D eigenvalue weighted by Gasteiger charge is 2.20. The molecule has 0 atom stereocenters. The Morgan fingerprint density at radius 1 is 1.13 bits per heavy atom. The highest BCUT2D eigenvalue weighted by Crippen LogP contribution is 2.39. The highest BCUT2D eigenvalue weighted by atomic mass is 32.1. The van der Waals surface area contributed by atoms with Gasteiger partial charge in [0.05, 0.1) is 11.1 Å². The van der Waals surface area contributed by atoms with Crippen LogP contribution in [0.4, 0.5) is 0 Å². The minimum Gasteiger partial charge on any atom is -0.507 e. The van der Waals surface area contributed by atoms with Gasteiger partial charge in [0.15, 0.2) is 0 Å². The largest absolute Gasteiger partial charge is 0.507 e. The fraction of sp³-hybridized carbons (Fsp3) is 0.389. The predicted molar refractivity (Wildman–Crippen MR) is 94.9 cm³/mol. The van der Waals surface area contributed by atoms with Crippen molar-refractivity contribution in [3.63, 3.8) is 0 Å². The highest BCUT2D eigenvalue weighted by molar-refractivity contribution is 7.10. The summed E-state index contributed by atoms with van der Waals surface area (Å²) in [4.78, 5) is 4.99. The van der Waals surface area contributed by atoms with Crippen LogP contribution in [0.2, 0.25) is 0 Å². The monoisotopic (exact) mass is 333 g/mol. The van der Waals surface area contributed by atoms with Crippen LogP contribution in [0.5, 0.6) is 11.5 Å². The van der Waals surface area contributed by atoms with E-state index < -0.39 is 5.60 Å². The molecule has 2 aromatic rings. The summed E-state index contributed by atoms with van der Waals surface area (Å²) in [7, 11) is 0. The molecule has 0 saturated carbocycles. The van der Waals surface area contributed by atoms with Crippen molar-refractivity contribution in [2.45, 2.75) is 46.1 Å². The molecule has 4 nitrogen and oxygen atoms in total. The van der Waals surface area contributed by atoms with Crippen molar-refractivity contribution < 1.29 is 15.3 Å². The Morgan fingerprint density at radius 2 is 1.78 bits per heavy atom. The zero-order valence-electron chi connectivity index (χ0n) is 13.9. The van der Waals surface area contributed by atoms with Gasteiger partial charge in [0.2, 0.25) is 0 Å². The Bertz CT molecular complexity index is 713. The number of hydrogen-bond acceptors (Lipinski definition) is 5. The number of hydrogen-bond donors (Lipinski definition) is 3. The SMILES string of the molecule is Cc1c(C)c(O)c(CCC(C)(C)O)c(C=Cc2cncs2)c1O. The molecule has 3 N–H and O–H groups in total. The molecule has 1 aromatic carbocycles. The number of benzene rings is 1. The standard InChI is InChI=1S/C18H23NO3S/c1-11-12(2)17(21)15(7-8-18(3,4)22)14(16(11)20)6-5-13-9-19-10-23-13/h5-6,9-10,20-22H,7-8H2,1-4H3. The second-order valence-electron chi connectivity index (χ2n) is 6.39. The van der Waals surface area contributed by atoms with Gasteiger partial charge in [0, 0.05) is 22.2 Å². The average molecular weight is 333 g/mol. The summed E-state index contributed by atoms with van der Waals surface area (Å²) in [5, 5.41) is 31.0. The average Bonchev–Trinajstić information content (AvgIpc) is 2.98. The topological polar surface area (TPSA) is 73.6 Å². The smallest absolute Gasteiger partial charge is 0.126 e. The maximum Gasteiger partial charge on any atom is 0.126 e. The van der Waals surface area contributed by atoms with Crippen LogP contribution in [-0.4, -0.2) is 25.9 Å². The van der Waals surface area contributed by atoms with Gasteiger partial charge < -0.3 is 15.3 Å². The molecule has 0 fully saturated rings. The van der Waals surface area contributed by atoms with E-state index in [0.717, 1.165) is 4.88 Å². The molecule has 1 heterocycles. The normalized spacial score (nSPS) is 12.2. The van der Waals surface area contributed by atoms with Crippen LogP contribution in [0, 0.1) is 13.8 Å². The maximum atomic E-state index is 10.5. The summed E-state index contributed by atoms with van der Waals surface area (Å²) in [5.74, 6) is 0.361. The number of phenols is 2. The molecule has 0 unspecified atom stereocenters. The van der Waals surface area contributed by atoms with Crippen molar-refractivity contribution >= 4 is 23.5 Å². The molecule has 23 heavy (non-hydrogen) atoms. The number of thiazole rings is 1. The number of rotatable bonds is 5. The maximum absolute atomic E-state index is 10.5. The Balaban J connectivity index is 2.49. The van der Waals surface area contributed by atoms with E-state index >= 15 is 0 Å². The van der Waals surface area contributed by atoms with E-state index in [0.29, 0.717) is 35.1 Å².